The van der Waals surface area contributed by atoms with Gasteiger partial charge in [0.25, 0.3) is 6.02 Å². The van der Waals surface area contributed by atoms with Crippen molar-refractivity contribution < 1.29 is 23.4 Å². The van der Waals surface area contributed by atoms with Gasteiger partial charge >= 0.3 is 0 Å². The molecular weight excluding hydrogens is 444 g/mol. The number of halogens is 2. The van der Waals surface area contributed by atoms with Crippen LogP contribution in [0.25, 0.3) is 11.0 Å². The number of hydrogen-bond donors (Lipinski definition) is 3. The van der Waals surface area contributed by atoms with Crippen molar-refractivity contribution in [2.24, 2.45) is 16.3 Å². The number of nitrogens with one attached hydrogen (secondary N) is 2. The lowest BCUT2D eigenvalue weighted by Gasteiger charge is -2.37. The summed E-state index contributed by atoms with van der Waals surface area (Å²) in [6.45, 7) is 4.46. The van der Waals surface area contributed by atoms with E-state index in [1.165, 1.54) is 12.3 Å². The molecule has 2 aromatic heterocycles. The number of benzene rings is 1. The third kappa shape index (κ3) is 4.52. The number of amidine groups is 1. The number of anilines is 1. The molecule has 34 heavy (non-hydrogen) atoms. The zero-order chi connectivity index (χ0) is 24.3. The van der Waals surface area contributed by atoms with Gasteiger partial charge in [-0.25, -0.2) is 18.8 Å². The predicted molar refractivity (Wildman–Crippen MR) is 123 cm³/mol. The Kier molecular flexibility index (Phi) is 6.65. The van der Waals surface area contributed by atoms with Crippen LogP contribution in [0, 0.1) is 34.3 Å². The van der Waals surface area contributed by atoms with E-state index >= 15 is 0 Å². The van der Waals surface area contributed by atoms with Crippen LogP contribution in [0.15, 0.2) is 35.6 Å². The summed E-state index contributed by atoms with van der Waals surface area (Å²) in [4.78, 5) is 11.5. The van der Waals surface area contributed by atoms with Crippen LogP contribution in [0.5, 0.6) is 11.5 Å². The largest absolute Gasteiger partial charge is 0.464 e. The molecule has 0 saturated carbocycles. The van der Waals surface area contributed by atoms with E-state index in [0.717, 1.165) is 17.7 Å². The fourth-order valence-corrected chi connectivity index (χ4v) is 3.76. The van der Waals surface area contributed by atoms with Crippen molar-refractivity contribution in [2.45, 2.75) is 26.7 Å². The molecule has 1 aliphatic heterocycles. The number of aromatic amines is 1. The smallest absolute Gasteiger partial charge is 0.289 e. The Balaban J connectivity index is 1.56. The molecular formula is C24H25F2N5O3. The molecule has 4 rings (SSSR count). The number of nitrogens with zero attached hydrogens (tertiary/aromatic N) is 3. The fourth-order valence-electron chi connectivity index (χ4n) is 3.76. The molecule has 1 aliphatic rings. The molecule has 0 radical (unpaired) electrons. The van der Waals surface area contributed by atoms with Gasteiger partial charge in [-0.2, -0.15) is 5.26 Å². The number of aromatic nitrogens is 2. The molecule has 0 spiro atoms. The molecule has 10 heteroatoms. The molecule has 0 bridgehead atoms. The van der Waals surface area contributed by atoms with Crippen LogP contribution in [0.4, 0.5) is 14.5 Å². The van der Waals surface area contributed by atoms with Crippen LogP contribution in [0.3, 0.4) is 0 Å². The summed E-state index contributed by atoms with van der Waals surface area (Å²) < 4.78 is 41.0. The van der Waals surface area contributed by atoms with Gasteiger partial charge in [0.2, 0.25) is 0 Å². The average Bonchev–Trinajstić information content (AvgIpc) is 3.24. The first kappa shape index (κ1) is 23.4. The van der Waals surface area contributed by atoms with Crippen molar-refractivity contribution in [3.05, 3.63) is 47.8 Å². The first-order chi connectivity index (χ1) is 16.4. The normalized spacial score (nSPS) is 17.9. The van der Waals surface area contributed by atoms with Crippen molar-refractivity contribution in [2.75, 3.05) is 25.1 Å². The minimum Gasteiger partial charge on any atom is -0.464 e. The molecule has 3 heterocycles. The highest BCUT2D eigenvalue weighted by Gasteiger charge is 2.37. The van der Waals surface area contributed by atoms with E-state index in [4.69, 9.17) is 14.7 Å². The van der Waals surface area contributed by atoms with E-state index in [1.54, 1.807) is 6.20 Å². The van der Waals surface area contributed by atoms with Gasteiger partial charge in [0, 0.05) is 42.0 Å². The van der Waals surface area contributed by atoms with Gasteiger partial charge in [0.05, 0.1) is 24.6 Å². The van der Waals surface area contributed by atoms with E-state index in [9.17, 15) is 13.9 Å². The maximum atomic E-state index is 14.9. The molecule has 0 amide bonds. The van der Waals surface area contributed by atoms with Crippen LogP contribution in [0.2, 0.25) is 0 Å². The highest BCUT2D eigenvalue weighted by Crippen LogP contribution is 2.36. The summed E-state index contributed by atoms with van der Waals surface area (Å²) in [5.74, 6) is -2.01. The van der Waals surface area contributed by atoms with Crippen LogP contribution in [-0.2, 0) is 11.2 Å². The van der Waals surface area contributed by atoms with E-state index in [-0.39, 0.29) is 43.0 Å². The van der Waals surface area contributed by atoms with Crippen molar-refractivity contribution in [1.29, 1.82) is 5.26 Å². The Morgan fingerprint density at radius 3 is 2.74 bits per heavy atom. The average molecular weight is 469 g/mol. The second-order valence-electron chi connectivity index (χ2n) is 8.59. The van der Waals surface area contributed by atoms with E-state index in [1.807, 2.05) is 13.8 Å². The molecule has 8 nitrogen and oxygen atoms in total. The number of rotatable bonds is 7. The third-order valence-corrected chi connectivity index (χ3v) is 6.16. The van der Waals surface area contributed by atoms with Crippen LogP contribution < -0.4 is 10.1 Å². The van der Waals surface area contributed by atoms with Gasteiger partial charge in [-0.05, 0) is 24.0 Å². The Morgan fingerprint density at radius 2 is 2.12 bits per heavy atom. The Morgan fingerprint density at radius 1 is 1.35 bits per heavy atom. The number of aliphatic hydroxyl groups is 1. The van der Waals surface area contributed by atoms with E-state index < -0.39 is 22.8 Å². The number of aliphatic hydroxyl groups excluding tert-OH is 1. The highest BCUT2D eigenvalue weighted by molar-refractivity contribution is 5.89. The number of pyridine rings is 1. The summed E-state index contributed by atoms with van der Waals surface area (Å²) in [5.41, 5.74) is 0.891. The summed E-state index contributed by atoms with van der Waals surface area (Å²) in [5, 5.41) is 21.9. The van der Waals surface area contributed by atoms with Crippen LogP contribution in [0.1, 0.15) is 25.8 Å². The number of fused-ring (bicyclic) bond motifs is 1. The van der Waals surface area contributed by atoms with Gasteiger partial charge in [-0.3, -0.25) is 0 Å². The van der Waals surface area contributed by atoms with Gasteiger partial charge in [-0.1, -0.05) is 13.8 Å². The molecule has 3 N–H and O–H groups in total. The second kappa shape index (κ2) is 9.65. The number of nitriles is 1. The molecule has 1 aromatic carbocycles. The molecule has 0 fully saturated rings. The molecule has 0 saturated heterocycles. The lowest BCUT2D eigenvalue weighted by Crippen LogP contribution is -2.44. The van der Waals surface area contributed by atoms with Crippen molar-refractivity contribution in [3.8, 4) is 17.6 Å². The molecule has 1 atom stereocenters. The number of hydrogen-bond acceptors (Lipinski definition) is 7. The number of aryl methyl sites for hydroxylation is 1. The second-order valence-corrected chi connectivity index (χ2v) is 8.59. The Labute approximate surface area is 195 Å². The standard InChI is InChI=1S/C24H25F2N5O3/c1-14(2)24(12-32)11-30-23(33-13-24)31-16-8-17(25)21(18(26)9-16)34-19-5-7-28-22-20(19)15(10-29-22)4-3-6-27/h5,7-10,14,32H,3-4,11-13H2,1-2H3,(H,28,29)(H,30,31)/t24-/m0/s1. The van der Waals surface area contributed by atoms with Crippen molar-refractivity contribution in [1.82, 2.24) is 9.97 Å². The fraction of sp³-hybridized carbons (Fsp3) is 0.375. The summed E-state index contributed by atoms with van der Waals surface area (Å²) >= 11 is 0. The summed E-state index contributed by atoms with van der Waals surface area (Å²) in [7, 11) is 0. The topological polar surface area (TPSA) is 116 Å². The first-order valence-corrected chi connectivity index (χ1v) is 10.9. The minimum atomic E-state index is -0.912. The summed E-state index contributed by atoms with van der Waals surface area (Å²) in [6.07, 6.45) is 3.91. The van der Waals surface area contributed by atoms with Gasteiger partial charge in [0.1, 0.15) is 18.0 Å². The quantitative estimate of drug-likeness (QED) is 0.469. The number of aliphatic imine (C=N–C) groups is 1. The monoisotopic (exact) mass is 469 g/mol. The molecule has 0 aliphatic carbocycles. The van der Waals surface area contributed by atoms with Gasteiger partial charge in [0.15, 0.2) is 17.4 Å². The van der Waals surface area contributed by atoms with Gasteiger partial charge in [-0.15, -0.1) is 0 Å². The molecule has 178 valence electrons. The third-order valence-electron chi connectivity index (χ3n) is 6.16. The van der Waals surface area contributed by atoms with E-state index in [0.29, 0.717) is 24.0 Å². The number of ether oxygens (including phenoxy) is 2. The lowest BCUT2D eigenvalue weighted by molar-refractivity contribution is 0.0180. The van der Waals surface area contributed by atoms with Crippen LogP contribution in [-0.4, -0.2) is 40.9 Å². The van der Waals surface area contributed by atoms with Crippen LogP contribution >= 0.6 is 0 Å². The maximum Gasteiger partial charge on any atom is 0.289 e. The Bertz CT molecular complexity index is 1240. The lowest BCUT2D eigenvalue weighted by atomic mass is 9.78. The maximum absolute atomic E-state index is 14.9. The zero-order valence-corrected chi connectivity index (χ0v) is 18.9. The van der Waals surface area contributed by atoms with Crippen molar-refractivity contribution >= 4 is 22.7 Å². The SMILES string of the molecule is CC(C)[C@]1(CO)CN=C(Nc2cc(F)c(Oc3ccnc4[nH]cc(CCC#N)c34)c(F)c2)OC1. The van der Waals surface area contributed by atoms with Crippen molar-refractivity contribution in [3.63, 3.8) is 0 Å². The first-order valence-electron chi connectivity index (χ1n) is 10.9. The minimum absolute atomic E-state index is 0.0710. The van der Waals surface area contributed by atoms with Gasteiger partial charge < -0.3 is 24.9 Å². The number of H-pyrrole nitrogens is 1. The Hall–Kier alpha value is -3.71. The highest BCUT2D eigenvalue weighted by atomic mass is 19.1. The van der Waals surface area contributed by atoms with E-state index in [2.05, 4.69) is 26.3 Å². The summed E-state index contributed by atoms with van der Waals surface area (Å²) in [6, 6.07) is 5.90. The molecule has 3 aromatic rings. The zero-order valence-electron chi connectivity index (χ0n) is 18.9. The predicted octanol–water partition coefficient (Wildman–Crippen LogP) is 4.52. The molecule has 0 unspecified atom stereocenters.